The Morgan fingerprint density at radius 3 is 2.64 bits per heavy atom. The summed E-state index contributed by atoms with van der Waals surface area (Å²) in [6.45, 7) is 5.18. The zero-order valence-corrected chi connectivity index (χ0v) is 14.9. The molecule has 3 rings (SSSR count). The zero-order chi connectivity index (χ0) is 18.0. The number of aromatic amines is 1. The molecular weight excluding hydrogens is 316 g/mol. The van der Waals surface area contributed by atoms with Crippen molar-refractivity contribution in [3.05, 3.63) is 47.8 Å². The fourth-order valence-electron chi connectivity index (χ4n) is 3.18. The number of nitrogens with one attached hydrogen (secondary N) is 1. The lowest BCUT2D eigenvalue weighted by molar-refractivity contribution is -0.135. The van der Waals surface area contributed by atoms with Crippen molar-refractivity contribution < 1.29 is 9.59 Å². The first kappa shape index (κ1) is 17.2. The molecule has 0 aliphatic carbocycles. The molecule has 2 amide bonds. The molecule has 2 heterocycles. The standard InChI is InChI=1S/C19H24N4O2/c1-13(2)14-4-6-17(7-5-14)23-11-15(10-18(23)24)19(25)22(3)12-16-8-9-20-21-16/h4-9,13,15H,10-12H2,1-3H3,(H,20,21). The Balaban J connectivity index is 1.66. The zero-order valence-electron chi connectivity index (χ0n) is 14.9. The van der Waals surface area contributed by atoms with Gasteiger partial charge in [-0.3, -0.25) is 14.7 Å². The maximum Gasteiger partial charge on any atom is 0.228 e. The first-order chi connectivity index (χ1) is 12.0. The topological polar surface area (TPSA) is 69.3 Å². The van der Waals surface area contributed by atoms with E-state index in [4.69, 9.17) is 0 Å². The van der Waals surface area contributed by atoms with E-state index < -0.39 is 0 Å². The third kappa shape index (κ3) is 3.73. The lowest BCUT2D eigenvalue weighted by atomic mass is 10.0. The van der Waals surface area contributed by atoms with Gasteiger partial charge in [-0.1, -0.05) is 26.0 Å². The molecule has 0 bridgehead atoms. The van der Waals surface area contributed by atoms with Crippen molar-refractivity contribution in [2.24, 2.45) is 5.92 Å². The van der Waals surface area contributed by atoms with Crippen LogP contribution < -0.4 is 4.90 Å². The van der Waals surface area contributed by atoms with Gasteiger partial charge in [0, 0.05) is 31.9 Å². The van der Waals surface area contributed by atoms with Gasteiger partial charge in [0.15, 0.2) is 0 Å². The molecule has 1 fully saturated rings. The monoisotopic (exact) mass is 340 g/mol. The molecule has 0 saturated carbocycles. The third-order valence-electron chi connectivity index (χ3n) is 4.69. The van der Waals surface area contributed by atoms with Crippen LogP contribution in [0.3, 0.4) is 0 Å². The Bertz CT molecular complexity index is 737. The number of carbonyl (C=O) groups is 2. The van der Waals surface area contributed by atoms with Crippen LogP contribution in [0.2, 0.25) is 0 Å². The van der Waals surface area contributed by atoms with Crippen molar-refractivity contribution in [3.63, 3.8) is 0 Å². The van der Waals surface area contributed by atoms with Crippen LogP contribution in [-0.4, -0.2) is 40.5 Å². The van der Waals surface area contributed by atoms with Crippen LogP contribution in [0.15, 0.2) is 36.5 Å². The summed E-state index contributed by atoms with van der Waals surface area (Å²) >= 11 is 0. The van der Waals surface area contributed by atoms with E-state index >= 15 is 0 Å². The maximum absolute atomic E-state index is 12.7. The van der Waals surface area contributed by atoms with Gasteiger partial charge in [-0.05, 0) is 29.7 Å². The molecule has 6 nitrogen and oxygen atoms in total. The van der Waals surface area contributed by atoms with E-state index in [2.05, 4.69) is 24.0 Å². The van der Waals surface area contributed by atoms with Crippen LogP contribution in [0.1, 0.15) is 37.4 Å². The van der Waals surface area contributed by atoms with Crippen molar-refractivity contribution in [2.75, 3.05) is 18.5 Å². The number of H-pyrrole nitrogens is 1. The van der Waals surface area contributed by atoms with Gasteiger partial charge in [0.05, 0.1) is 18.2 Å². The average Bonchev–Trinajstić information content (AvgIpc) is 3.23. The second kappa shape index (κ2) is 7.09. The average molecular weight is 340 g/mol. The molecule has 0 radical (unpaired) electrons. The molecule has 2 aromatic rings. The highest BCUT2D eigenvalue weighted by atomic mass is 16.2. The number of anilines is 1. The minimum Gasteiger partial charge on any atom is -0.340 e. The van der Waals surface area contributed by atoms with Crippen LogP contribution in [0, 0.1) is 5.92 Å². The van der Waals surface area contributed by atoms with E-state index in [0.717, 1.165) is 11.4 Å². The SMILES string of the molecule is CC(C)c1ccc(N2CC(C(=O)N(C)Cc3ccn[nH]3)CC2=O)cc1. The minimum atomic E-state index is -0.301. The Hall–Kier alpha value is -2.63. The van der Waals surface area contributed by atoms with Gasteiger partial charge in [-0.2, -0.15) is 5.10 Å². The summed E-state index contributed by atoms with van der Waals surface area (Å²) in [4.78, 5) is 28.4. The van der Waals surface area contributed by atoms with Crippen molar-refractivity contribution in [2.45, 2.75) is 32.7 Å². The predicted octanol–water partition coefficient (Wildman–Crippen LogP) is 2.54. The molecule has 132 valence electrons. The Labute approximate surface area is 147 Å². The van der Waals surface area contributed by atoms with Gasteiger partial charge in [0.25, 0.3) is 0 Å². The lowest BCUT2D eigenvalue weighted by Gasteiger charge is -2.21. The maximum atomic E-state index is 12.7. The molecule has 1 aliphatic heterocycles. The Kier molecular flexibility index (Phi) is 4.88. The molecule has 6 heteroatoms. The highest BCUT2D eigenvalue weighted by molar-refractivity contribution is 6.00. The summed E-state index contributed by atoms with van der Waals surface area (Å²) in [5.74, 6) is 0.147. The van der Waals surface area contributed by atoms with E-state index in [1.807, 2.05) is 30.3 Å². The number of hydrogen-bond donors (Lipinski definition) is 1. The number of hydrogen-bond acceptors (Lipinski definition) is 3. The van der Waals surface area contributed by atoms with Gasteiger partial charge in [-0.15, -0.1) is 0 Å². The number of carbonyl (C=O) groups excluding carboxylic acids is 2. The Morgan fingerprint density at radius 1 is 1.32 bits per heavy atom. The predicted molar refractivity (Wildman–Crippen MR) is 96.1 cm³/mol. The Morgan fingerprint density at radius 2 is 2.04 bits per heavy atom. The number of amides is 2. The molecule has 25 heavy (non-hydrogen) atoms. The molecule has 1 aromatic carbocycles. The molecular formula is C19H24N4O2. The van der Waals surface area contributed by atoms with E-state index in [0.29, 0.717) is 19.0 Å². The normalized spacial score (nSPS) is 17.4. The van der Waals surface area contributed by atoms with E-state index in [1.165, 1.54) is 5.56 Å². The molecule has 1 atom stereocenters. The summed E-state index contributed by atoms with van der Waals surface area (Å²) in [5, 5.41) is 6.74. The fraction of sp³-hybridized carbons (Fsp3) is 0.421. The van der Waals surface area contributed by atoms with Crippen LogP contribution in [0.4, 0.5) is 5.69 Å². The molecule has 1 aromatic heterocycles. The van der Waals surface area contributed by atoms with Crippen LogP contribution in [0.25, 0.3) is 0 Å². The fourth-order valence-corrected chi connectivity index (χ4v) is 3.18. The van der Waals surface area contributed by atoms with E-state index in [1.54, 1.807) is 23.0 Å². The summed E-state index contributed by atoms with van der Waals surface area (Å²) in [6, 6.07) is 9.87. The van der Waals surface area contributed by atoms with Gasteiger partial charge < -0.3 is 9.80 Å². The second-order valence-electron chi connectivity index (χ2n) is 6.93. The molecule has 1 unspecified atom stereocenters. The third-order valence-corrected chi connectivity index (χ3v) is 4.69. The number of benzene rings is 1. The molecule has 1 saturated heterocycles. The number of nitrogens with zero attached hydrogens (tertiary/aromatic N) is 3. The highest BCUT2D eigenvalue weighted by Gasteiger charge is 2.36. The van der Waals surface area contributed by atoms with E-state index in [9.17, 15) is 9.59 Å². The first-order valence-electron chi connectivity index (χ1n) is 8.59. The highest BCUT2D eigenvalue weighted by Crippen LogP contribution is 2.27. The number of rotatable bonds is 5. The van der Waals surface area contributed by atoms with Crippen molar-refractivity contribution in [1.29, 1.82) is 0 Å². The van der Waals surface area contributed by atoms with Crippen molar-refractivity contribution in [3.8, 4) is 0 Å². The summed E-state index contributed by atoms with van der Waals surface area (Å²) in [5.41, 5.74) is 2.98. The van der Waals surface area contributed by atoms with Crippen LogP contribution in [-0.2, 0) is 16.1 Å². The van der Waals surface area contributed by atoms with Gasteiger partial charge in [-0.25, -0.2) is 0 Å². The quantitative estimate of drug-likeness (QED) is 0.909. The van der Waals surface area contributed by atoms with Crippen LogP contribution >= 0.6 is 0 Å². The lowest BCUT2D eigenvalue weighted by Crippen LogP contribution is -2.34. The summed E-state index contributed by atoms with van der Waals surface area (Å²) in [7, 11) is 1.76. The first-order valence-corrected chi connectivity index (χ1v) is 8.59. The largest absolute Gasteiger partial charge is 0.340 e. The molecule has 1 aliphatic rings. The van der Waals surface area contributed by atoms with Gasteiger partial charge in [0.1, 0.15) is 0 Å². The minimum absolute atomic E-state index is 0.00517. The molecule has 0 spiro atoms. The van der Waals surface area contributed by atoms with Gasteiger partial charge in [0.2, 0.25) is 11.8 Å². The van der Waals surface area contributed by atoms with Crippen LogP contribution in [0.5, 0.6) is 0 Å². The second-order valence-corrected chi connectivity index (χ2v) is 6.93. The van der Waals surface area contributed by atoms with Crippen molar-refractivity contribution >= 4 is 17.5 Å². The summed E-state index contributed by atoms with van der Waals surface area (Å²) in [6.07, 6.45) is 1.92. The molecule has 1 N–H and O–H groups in total. The van der Waals surface area contributed by atoms with Crippen molar-refractivity contribution in [1.82, 2.24) is 15.1 Å². The van der Waals surface area contributed by atoms with E-state index in [-0.39, 0.29) is 24.2 Å². The smallest absolute Gasteiger partial charge is 0.228 e. The summed E-state index contributed by atoms with van der Waals surface area (Å²) < 4.78 is 0. The van der Waals surface area contributed by atoms with Gasteiger partial charge >= 0.3 is 0 Å². The number of aromatic nitrogens is 2.